The average molecular weight is 461 g/mol. The van der Waals surface area contributed by atoms with Gasteiger partial charge in [-0.15, -0.1) is 0 Å². The van der Waals surface area contributed by atoms with Gasteiger partial charge in [-0.1, -0.05) is 11.6 Å². The Morgan fingerprint density at radius 3 is 2.84 bits per heavy atom. The summed E-state index contributed by atoms with van der Waals surface area (Å²) in [5, 5.41) is 17.9. The van der Waals surface area contributed by atoms with Gasteiger partial charge in [0.15, 0.2) is 17.4 Å². The number of carbonyl (C=O) groups is 1. The zero-order valence-electron chi connectivity index (χ0n) is 17.2. The van der Waals surface area contributed by atoms with Crippen LogP contribution in [0.4, 0.5) is 15.9 Å². The summed E-state index contributed by atoms with van der Waals surface area (Å²) in [6.07, 6.45) is 4.34. The molecule has 0 radical (unpaired) electrons. The van der Waals surface area contributed by atoms with Gasteiger partial charge in [0.1, 0.15) is 5.82 Å². The van der Waals surface area contributed by atoms with E-state index in [9.17, 15) is 9.18 Å². The minimum absolute atomic E-state index is 0.0203. The first kappa shape index (κ1) is 23.3. The Hall–Kier alpha value is -3.34. The predicted molar refractivity (Wildman–Crippen MR) is 119 cm³/mol. The smallest absolute Gasteiger partial charge is 0.255 e. The van der Waals surface area contributed by atoms with E-state index in [0.29, 0.717) is 36.1 Å². The minimum atomic E-state index is -0.524. The molecule has 1 amide bonds. The van der Waals surface area contributed by atoms with Crippen molar-refractivity contribution in [2.24, 2.45) is 0 Å². The third-order valence-electron chi connectivity index (χ3n) is 4.34. The van der Waals surface area contributed by atoms with E-state index in [-0.39, 0.29) is 35.3 Å². The molecule has 0 fully saturated rings. The van der Waals surface area contributed by atoms with Crippen molar-refractivity contribution >= 4 is 29.0 Å². The van der Waals surface area contributed by atoms with Crippen LogP contribution in [0.15, 0.2) is 42.9 Å². The van der Waals surface area contributed by atoms with E-state index in [0.717, 1.165) is 0 Å². The molecule has 0 aliphatic carbocycles. The van der Waals surface area contributed by atoms with E-state index < -0.39 is 5.82 Å². The zero-order valence-corrected chi connectivity index (χ0v) is 18.0. The Balaban J connectivity index is 1.85. The van der Waals surface area contributed by atoms with Crippen molar-refractivity contribution in [3.05, 3.63) is 59.3 Å². The standard InChI is InChI=1S/C21H22ClFN6O3/c1-32-18-12-27-19(14-10-13(22)2-3-16(14)23)29-20(18)28-17-4-5-25-11-15(17)21(31)26-7-6-24-8-9-30/h2-5,10-12,24,30H,6-9H2,1H3,(H,26,31)(H,25,27,28,29). The highest BCUT2D eigenvalue weighted by Crippen LogP contribution is 2.30. The largest absolute Gasteiger partial charge is 0.491 e. The van der Waals surface area contributed by atoms with Crippen LogP contribution in [0.2, 0.25) is 5.02 Å². The number of carbonyl (C=O) groups excluding carboxylic acids is 1. The third-order valence-corrected chi connectivity index (χ3v) is 4.57. The highest BCUT2D eigenvalue weighted by Gasteiger charge is 2.17. The van der Waals surface area contributed by atoms with Crippen LogP contribution in [-0.2, 0) is 0 Å². The lowest BCUT2D eigenvalue weighted by molar-refractivity contribution is 0.0954. The SMILES string of the molecule is COc1cnc(-c2cc(Cl)ccc2F)nc1Nc1ccncc1C(=O)NCCNCCO. The molecule has 0 unspecified atom stereocenters. The zero-order chi connectivity index (χ0) is 22.9. The summed E-state index contributed by atoms with van der Waals surface area (Å²) in [6, 6.07) is 5.71. The molecule has 4 N–H and O–H groups in total. The van der Waals surface area contributed by atoms with Crippen LogP contribution in [0.5, 0.6) is 5.75 Å². The Morgan fingerprint density at radius 1 is 1.22 bits per heavy atom. The first-order valence-electron chi connectivity index (χ1n) is 9.70. The van der Waals surface area contributed by atoms with Crippen molar-refractivity contribution in [3.63, 3.8) is 0 Å². The van der Waals surface area contributed by atoms with Gasteiger partial charge in [0.2, 0.25) is 0 Å². The predicted octanol–water partition coefficient (Wildman–Crippen LogP) is 2.40. The molecule has 0 saturated carbocycles. The lowest BCUT2D eigenvalue weighted by Gasteiger charge is -2.14. The minimum Gasteiger partial charge on any atom is -0.491 e. The van der Waals surface area contributed by atoms with Gasteiger partial charge in [-0.3, -0.25) is 9.78 Å². The third kappa shape index (κ3) is 5.88. The maximum Gasteiger partial charge on any atom is 0.255 e. The maximum atomic E-state index is 14.3. The molecule has 0 aliphatic rings. The summed E-state index contributed by atoms with van der Waals surface area (Å²) in [5.74, 6) is -0.234. The molecule has 0 saturated heterocycles. The monoisotopic (exact) mass is 460 g/mol. The molecule has 0 atom stereocenters. The molecular formula is C21H22ClFN6O3. The van der Waals surface area contributed by atoms with E-state index >= 15 is 0 Å². The summed E-state index contributed by atoms with van der Waals surface area (Å²) in [7, 11) is 1.45. The highest BCUT2D eigenvalue weighted by atomic mass is 35.5. The molecule has 2 aromatic heterocycles. The number of aliphatic hydroxyl groups is 1. The number of nitrogens with zero attached hydrogens (tertiary/aromatic N) is 3. The number of hydrogen-bond donors (Lipinski definition) is 4. The van der Waals surface area contributed by atoms with E-state index in [1.807, 2.05) is 0 Å². The summed E-state index contributed by atoms with van der Waals surface area (Å²) in [5.41, 5.74) is 0.840. The number of methoxy groups -OCH3 is 1. The molecule has 9 nitrogen and oxygen atoms in total. The van der Waals surface area contributed by atoms with Crippen LogP contribution in [0.25, 0.3) is 11.4 Å². The second-order valence-corrected chi connectivity index (χ2v) is 6.95. The highest BCUT2D eigenvalue weighted by molar-refractivity contribution is 6.30. The normalized spacial score (nSPS) is 10.6. The molecule has 3 rings (SSSR count). The van der Waals surface area contributed by atoms with Crippen molar-refractivity contribution in [2.45, 2.75) is 0 Å². The van der Waals surface area contributed by atoms with Crippen LogP contribution in [0.1, 0.15) is 10.4 Å². The average Bonchev–Trinajstić information content (AvgIpc) is 2.80. The van der Waals surface area contributed by atoms with Crippen molar-refractivity contribution in [1.29, 1.82) is 0 Å². The number of halogens is 2. The van der Waals surface area contributed by atoms with E-state index in [1.165, 1.54) is 43.9 Å². The van der Waals surface area contributed by atoms with Crippen LogP contribution >= 0.6 is 11.6 Å². The van der Waals surface area contributed by atoms with Crippen molar-refractivity contribution < 1.29 is 19.0 Å². The number of ether oxygens (including phenoxy) is 1. The second kappa shape index (κ2) is 11.3. The fraction of sp³-hybridized carbons (Fsp3) is 0.238. The lowest BCUT2D eigenvalue weighted by atomic mass is 10.2. The molecule has 168 valence electrons. The van der Waals surface area contributed by atoms with Gasteiger partial charge in [-0.25, -0.2) is 14.4 Å². The van der Waals surface area contributed by atoms with Crippen molar-refractivity contribution in [1.82, 2.24) is 25.6 Å². The van der Waals surface area contributed by atoms with E-state index in [4.69, 9.17) is 21.4 Å². The Bertz CT molecular complexity index is 1090. The topological polar surface area (TPSA) is 121 Å². The second-order valence-electron chi connectivity index (χ2n) is 6.51. The van der Waals surface area contributed by atoms with Gasteiger partial charge in [0.25, 0.3) is 5.91 Å². The fourth-order valence-corrected chi connectivity index (χ4v) is 2.96. The van der Waals surface area contributed by atoms with Gasteiger partial charge in [-0.2, -0.15) is 0 Å². The van der Waals surface area contributed by atoms with Crippen LogP contribution in [0, 0.1) is 5.82 Å². The number of rotatable bonds is 10. The first-order valence-corrected chi connectivity index (χ1v) is 10.1. The molecule has 3 aromatic rings. The number of nitrogens with one attached hydrogen (secondary N) is 3. The molecule has 0 bridgehead atoms. The van der Waals surface area contributed by atoms with Gasteiger partial charge in [-0.05, 0) is 24.3 Å². The van der Waals surface area contributed by atoms with Crippen LogP contribution < -0.4 is 20.7 Å². The maximum absolute atomic E-state index is 14.3. The molecule has 1 aromatic carbocycles. The summed E-state index contributed by atoms with van der Waals surface area (Å²) >= 11 is 5.99. The molecule has 2 heterocycles. The van der Waals surface area contributed by atoms with Gasteiger partial charge in [0, 0.05) is 37.1 Å². The fourth-order valence-electron chi connectivity index (χ4n) is 2.78. The molecule has 32 heavy (non-hydrogen) atoms. The van der Waals surface area contributed by atoms with Crippen LogP contribution in [0.3, 0.4) is 0 Å². The Labute approximate surface area is 189 Å². The number of aromatic nitrogens is 3. The van der Waals surface area contributed by atoms with E-state index in [2.05, 4.69) is 30.9 Å². The van der Waals surface area contributed by atoms with Crippen molar-refractivity contribution in [2.75, 3.05) is 38.7 Å². The molecule has 0 aliphatic heterocycles. The van der Waals surface area contributed by atoms with E-state index in [1.54, 1.807) is 6.07 Å². The number of hydrogen-bond acceptors (Lipinski definition) is 8. The van der Waals surface area contributed by atoms with Gasteiger partial charge >= 0.3 is 0 Å². The summed E-state index contributed by atoms with van der Waals surface area (Å²) < 4.78 is 19.6. The molecule has 11 heteroatoms. The lowest BCUT2D eigenvalue weighted by Crippen LogP contribution is -2.33. The van der Waals surface area contributed by atoms with Crippen molar-refractivity contribution in [3.8, 4) is 17.1 Å². The number of pyridine rings is 1. The quantitative estimate of drug-likeness (QED) is 0.340. The Morgan fingerprint density at radius 2 is 2.06 bits per heavy atom. The van der Waals surface area contributed by atoms with Gasteiger partial charge < -0.3 is 25.8 Å². The van der Waals surface area contributed by atoms with Gasteiger partial charge in [0.05, 0.1) is 36.7 Å². The molecular weight excluding hydrogens is 439 g/mol. The number of anilines is 2. The number of benzene rings is 1. The molecule has 0 spiro atoms. The summed E-state index contributed by atoms with van der Waals surface area (Å²) in [6.45, 7) is 1.33. The van der Waals surface area contributed by atoms with Crippen LogP contribution in [-0.4, -0.2) is 59.3 Å². The number of amides is 1. The number of aliphatic hydroxyl groups excluding tert-OH is 1. The summed E-state index contributed by atoms with van der Waals surface area (Å²) in [4.78, 5) is 25.2. The Kier molecular flexibility index (Phi) is 8.26. The first-order chi connectivity index (χ1) is 15.5.